The summed E-state index contributed by atoms with van der Waals surface area (Å²) in [5.74, 6) is 0.742. The second-order valence-corrected chi connectivity index (χ2v) is 3.95. The zero-order chi connectivity index (χ0) is 12.1. The number of anilines is 2. The van der Waals surface area contributed by atoms with E-state index in [1.807, 2.05) is 31.2 Å². The highest BCUT2D eigenvalue weighted by molar-refractivity contribution is 5.61. The molecule has 88 valence electrons. The predicted molar refractivity (Wildman–Crippen MR) is 69.8 cm³/mol. The molecule has 0 aliphatic carbocycles. The molecule has 0 saturated carbocycles. The van der Waals surface area contributed by atoms with Gasteiger partial charge in [0.2, 0.25) is 0 Å². The molecule has 2 heterocycles. The topological polar surface area (TPSA) is 63.8 Å². The lowest BCUT2D eigenvalue weighted by Crippen LogP contribution is -2.09. The Hall–Kier alpha value is -2.10. The van der Waals surface area contributed by atoms with Crippen molar-refractivity contribution in [3.63, 3.8) is 0 Å². The van der Waals surface area contributed by atoms with Gasteiger partial charge in [0.05, 0.1) is 5.69 Å². The van der Waals surface area contributed by atoms with Gasteiger partial charge in [-0.25, -0.2) is 4.98 Å². The first-order valence-corrected chi connectivity index (χ1v) is 5.61. The molecule has 0 unspecified atom stereocenters. The van der Waals surface area contributed by atoms with Crippen LogP contribution in [0.25, 0.3) is 0 Å². The van der Waals surface area contributed by atoms with Crippen molar-refractivity contribution in [2.45, 2.75) is 13.3 Å². The lowest BCUT2D eigenvalue weighted by molar-refractivity contribution is 0.954. The Labute approximate surface area is 101 Å². The molecular weight excluding hydrogens is 212 g/mol. The Bertz CT molecular complexity index is 482. The van der Waals surface area contributed by atoms with Crippen molar-refractivity contribution in [3.8, 4) is 0 Å². The van der Waals surface area contributed by atoms with Gasteiger partial charge < -0.3 is 11.1 Å². The largest absolute Gasteiger partial charge is 0.396 e. The van der Waals surface area contributed by atoms with E-state index < -0.39 is 0 Å². The van der Waals surface area contributed by atoms with Crippen molar-refractivity contribution in [1.82, 2.24) is 9.97 Å². The smallest absolute Gasteiger partial charge is 0.149 e. The fourth-order valence-corrected chi connectivity index (χ4v) is 1.59. The SMILES string of the molecule is Cc1cnc(NCCc2ccccn2)c(N)c1. The quantitative estimate of drug-likeness (QED) is 0.840. The average molecular weight is 228 g/mol. The van der Waals surface area contributed by atoms with Crippen LogP contribution in [0.2, 0.25) is 0 Å². The summed E-state index contributed by atoms with van der Waals surface area (Å²) in [6.07, 6.45) is 4.46. The molecule has 0 saturated heterocycles. The number of hydrogen-bond acceptors (Lipinski definition) is 4. The molecule has 0 aliphatic heterocycles. The van der Waals surface area contributed by atoms with E-state index in [0.29, 0.717) is 5.69 Å². The molecule has 0 spiro atoms. The van der Waals surface area contributed by atoms with Crippen LogP contribution in [0.4, 0.5) is 11.5 Å². The molecule has 0 fully saturated rings. The molecule has 2 rings (SSSR count). The van der Waals surface area contributed by atoms with E-state index in [1.54, 1.807) is 12.4 Å². The number of rotatable bonds is 4. The maximum absolute atomic E-state index is 5.86. The molecule has 0 atom stereocenters. The third kappa shape index (κ3) is 3.17. The van der Waals surface area contributed by atoms with Gasteiger partial charge >= 0.3 is 0 Å². The van der Waals surface area contributed by atoms with Crippen molar-refractivity contribution in [2.75, 3.05) is 17.6 Å². The molecule has 0 aromatic carbocycles. The number of nitrogens with zero attached hydrogens (tertiary/aromatic N) is 2. The number of nitrogens with two attached hydrogens (primary N) is 1. The Balaban J connectivity index is 1.90. The van der Waals surface area contributed by atoms with E-state index in [2.05, 4.69) is 15.3 Å². The summed E-state index contributed by atoms with van der Waals surface area (Å²) in [7, 11) is 0. The summed E-state index contributed by atoms with van der Waals surface area (Å²) in [6, 6.07) is 7.82. The molecule has 2 aromatic heterocycles. The second kappa shape index (κ2) is 5.30. The number of pyridine rings is 2. The van der Waals surface area contributed by atoms with Crippen molar-refractivity contribution >= 4 is 11.5 Å². The van der Waals surface area contributed by atoms with Crippen LogP contribution in [0.3, 0.4) is 0 Å². The van der Waals surface area contributed by atoms with Gasteiger partial charge in [0.25, 0.3) is 0 Å². The van der Waals surface area contributed by atoms with Gasteiger partial charge in [0.1, 0.15) is 5.82 Å². The van der Waals surface area contributed by atoms with Gasteiger partial charge in [-0.3, -0.25) is 4.98 Å². The normalized spacial score (nSPS) is 10.2. The molecule has 4 heteroatoms. The minimum Gasteiger partial charge on any atom is -0.396 e. The summed E-state index contributed by atoms with van der Waals surface area (Å²) >= 11 is 0. The first kappa shape index (κ1) is 11.4. The van der Waals surface area contributed by atoms with Crippen LogP contribution in [0.15, 0.2) is 36.7 Å². The van der Waals surface area contributed by atoms with Gasteiger partial charge in [0.15, 0.2) is 0 Å². The highest BCUT2D eigenvalue weighted by Crippen LogP contribution is 2.15. The van der Waals surface area contributed by atoms with E-state index in [9.17, 15) is 0 Å². The highest BCUT2D eigenvalue weighted by atomic mass is 15.0. The summed E-state index contributed by atoms with van der Waals surface area (Å²) in [6.45, 7) is 2.75. The molecule has 3 N–H and O–H groups in total. The first-order valence-electron chi connectivity index (χ1n) is 5.61. The lowest BCUT2D eigenvalue weighted by atomic mass is 10.2. The predicted octanol–water partition coefficient (Wildman–Crippen LogP) is 2.02. The highest BCUT2D eigenvalue weighted by Gasteiger charge is 2.00. The van der Waals surface area contributed by atoms with Gasteiger partial charge in [-0.1, -0.05) is 6.07 Å². The second-order valence-electron chi connectivity index (χ2n) is 3.95. The Morgan fingerprint density at radius 1 is 1.29 bits per heavy atom. The number of nitrogen functional groups attached to an aromatic ring is 1. The van der Waals surface area contributed by atoms with Gasteiger partial charge in [-0.2, -0.15) is 0 Å². The van der Waals surface area contributed by atoms with Crippen LogP contribution in [0.5, 0.6) is 0 Å². The van der Waals surface area contributed by atoms with Crippen LogP contribution in [0, 0.1) is 6.92 Å². The zero-order valence-corrected chi connectivity index (χ0v) is 9.85. The number of nitrogens with one attached hydrogen (secondary N) is 1. The summed E-state index contributed by atoms with van der Waals surface area (Å²) in [5, 5.41) is 3.21. The fourth-order valence-electron chi connectivity index (χ4n) is 1.59. The average Bonchev–Trinajstić information content (AvgIpc) is 2.33. The summed E-state index contributed by atoms with van der Waals surface area (Å²) < 4.78 is 0. The summed E-state index contributed by atoms with van der Waals surface area (Å²) in [5.41, 5.74) is 8.67. The molecular formula is C13H16N4. The third-order valence-electron chi connectivity index (χ3n) is 2.45. The van der Waals surface area contributed by atoms with Crippen LogP contribution >= 0.6 is 0 Å². The standard InChI is InChI=1S/C13H16N4/c1-10-8-12(14)13(17-9-10)16-7-5-11-4-2-3-6-15-11/h2-4,6,8-9H,5,7,14H2,1H3,(H,16,17). The molecule has 0 amide bonds. The molecule has 2 aromatic rings. The van der Waals surface area contributed by atoms with E-state index in [1.165, 1.54) is 0 Å². The van der Waals surface area contributed by atoms with E-state index in [0.717, 1.165) is 30.0 Å². The van der Waals surface area contributed by atoms with Gasteiger partial charge in [-0.15, -0.1) is 0 Å². The maximum Gasteiger partial charge on any atom is 0.149 e. The van der Waals surface area contributed by atoms with E-state index in [-0.39, 0.29) is 0 Å². The number of hydrogen-bond donors (Lipinski definition) is 2. The lowest BCUT2D eigenvalue weighted by Gasteiger charge is -2.08. The van der Waals surface area contributed by atoms with E-state index in [4.69, 9.17) is 5.73 Å². The van der Waals surface area contributed by atoms with Crippen LogP contribution in [0.1, 0.15) is 11.3 Å². The molecule has 0 radical (unpaired) electrons. The van der Waals surface area contributed by atoms with Crippen LogP contribution in [-0.2, 0) is 6.42 Å². The van der Waals surface area contributed by atoms with Gasteiger partial charge in [0, 0.05) is 31.1 Å². The van der Waals surface area contributed by atoms with Crippen molar-refractivity contribution < 1.29 is 0 Å². The van der Waals surface area contributed by atoms with Crippen LogP contribution in [-0.4, -0.2) is 16.5 Å². The zero-order valence-electron chi connectivity index (χ0n) is 9.85. The minimum atomic E-state index is 0.686. The molecule has 17 heavy (non-hydrogen) atoms. The molecule has 0 aliphatic rings. The molecule has 0 bridgehead atoms. The van der Waals surface area contributed by atoms with Crippen molar-refractivity contribution in [2.24, 2.45) is 0 Å². The van der Waals surface area contributed by atoms with Crippen molar-refractivity contribution in [1.29, 1.82) is 0 Å². The third-order valence-corrected chi connectivity index (χ3v) is 2.45. The Morgan fingerprint density at radius 3 is 2.88 bits per heavy atom. The maximum atomic E-state index is 5.86. The van der Waals surface area contributed by atoms with Crippen molar-refractivity contribution in [3.05, 3.63) is 47.9 Å². The number of aromatic nitrogens is 2. The van der Waals surface area contributed by atoms with Crippen LogP contribution < -0.4 is 11.1 Å². The number of aryl methyl sites for hydroxylation is 1. The Morgan fingerprint density at radius 2 is 2.18 bits per heavy atom. The van der Waals surface area contributed by atoms with Gasteiger partial charge in [-0.05, 0) is 30.7 Å². The Kier molecular flexibility index (Phi) is 3.55. The monoisotopic (exact) mass is 228 g/mol. The minimum absolute atomic E-state index is 0.686. The fraction of sp³-hybridized carbons (Fsp3) is 0.231. The summed E-state index contributed by atoms with van der Waals surface area (Å²) in [4.78, 5) is 8.51. The van der Waals surface area contributed by atoms with E-state index >= 15 is 0 Å². The first-order chi connectivity index (χ1) is 8.25. The molecule has 4 nitrogen and oxygen atoms in total.